The molecule has 2 aromatic carbocycles. The Bertz CT molecular complexity index is 1010. The molecule has 1 amide bonds. The Balaban J connectivity index is 1.97. The molecule has 0 saturated heterocycles. The average Bonchev–Trinajstić information content (AvgIpc) is 2.71. The highest BCUT2D eigenvalue weighted by molar-refractivity contribution is 6.05. The van der Waals surface area contributed by atoms with Crippen LogP contribution in [0.25, 0.3) is 0 Å². The van der Waals surface area contributed by atoms with Crippen LogP contribution in [0.2, 0.25) is 0 Å². The van der Waals surface area contributed by atoms with Crippen molar-refractivity contribution in [3.63, 3.8) is 0 Å². The Morgan fingerprint density at radius 3 is 2.07 bits per heavy atom. The molecule has 0 radical (unpaired) electrons. The number of hydrogen-bond acceptors (Lipinski definition) is 9. The number of aromatic nitrogens is 3. The van der Waals surface area contributed by atoms with Crippen molar-refractivity contribution in [2.24, 2.45) is 0 Å². The summed E-state index contributed by atoms with van der Waals surface area (Å²) >= 11 is 0. The van der Waals surface area contributed by atoms with E-state index in [1.807, 2.05) is 19.9 Å². The minimum absolute atomic E-state index is 0.0931. The second-order valence-corrected chi connectivity index (χ2v) is 5.91. The highest BCUT2D eigenvalue weighted by Gasteiger charge is 2.17. The van der Waals surface area contributed by atoms with E-state index in [1.54, 1.807) is 36.4 Å². The maximum atomic E-state index is 12.6. The summed E-state index contributed by atoms with van der Waals surface area (Å²) in [4.78, 5) is 23.3. The SMILES string of the molecule is CCOc1cc(Nc2nc(O)nc(O)n2)c(OCC)cc1NC(=O)c1ccccc1. The molecular weight excluding hydrogens is 390 g/mol. The van der Waals surface area contributed by atoms with E-state index in [1.165, 1.54) is 0 Å². The Morgan fingerprint density at radius 2 is 1.47 bits per heavy atom. The fourth-order valence-electron chi connectivity index (χ4n) is 2.62. The van der Waals surface area contributed by atoms with Gasteiger partial charge < -0.3 is 30.3 Å². The van der Waals surface area contributed by atoms with E-state index in [4.69, 9.17) is 9.47 Å². The second-order valence-electron chi connectivity index (χ2n) is 5.91. The van der Waals surface area contributed by atoms with Gasteiger partial charge in [0, 0.05) is 17.7 Å². The second kappa shape index (κ2) is 9.41. The topological polar surface area (TPSA) is 139 Å². The highest BCUT2D eigenvalue weighted by atomic mass is 16.5. The smallest absolute Gasteiger partial charge is 0.321 e. The molecule has 3 rings (SSSR count). The van der Waals surface area contributed by atoms with Crippen molar-refractivity contribution in [3.05, 3.63) is 48.0 Å². The zero-order chi connectivity index (χ0) is 21.5. The number of nitrogens with zero attached hydrogens (tertiary/aromatic N) is 3. The molecule has 0 aliphatic rings. The lowest BCUT2D eigenvalue weighted by atomic mass is 10.2. The number of nitrogens with one attached hydrogen (secondary N) is 2. The predicted molar refractivity (Wildman–Crippen MR) is 110 cm³/mol. The van der Waals surface area contributed by atoms with Crippen LogP contribution in [-0.2, 0) is 0 Å². The van der Waals surface area contributed by atoms with Crippen LogP contribution in [0.15, 0.2) is 42.5 Å². The van der Waals surface area contributed by atoms with Gasteiger partial charge in [-0.3, -0.25) is 4.79 Å². The number of benzene rings is 2. The van der Waals surface area contributed by atoms with Gasteiger partial charge in [-0.15, -0.1) is 4.98 Å². The minimum Gasteiger partial charge on any atom is -0.492 e. The molecule has 0 aliphatic heterocycles. The van der Waals surface area contributed by atoms with E-state index < -0.39 is 12.0 Å². The number of ether oxygens (including phenoxy) is 2. The molecule has 3 aromatic rings. The number of carbonyl (C=O) groups is 1. The lowest BCUT2D eigenvalue weighted by molar-refractivity contribution is 0.102. The van der Waals surface area contributed by atoms with Crippen LogP contribution in [-0.4, -0.2) is 44.3 Å². The molecule has 1 aromatic heterocycles. The van der Waals surface area contributed by atoms with E-state index in [0.717, 1.165) is 0 Å². The summed E-state index contributed by atoms with van der Waals surface area (Å²) in [5, 5.41) is 24.6. The van der Waals surface area contributed by atoms with Gasteiger partial charge >= 0.3 is 12.0 Å². The molecule has 10 heteroatoms. The summed E-state index contributed by atoms with van der Waals surface area (Å²) in [5.41, 5.74) is 1.32. The van der Waals surface area contributed by atoms with Crippen molar-refractivity contribution in [3.8, 4) is 23.5 Å². The van der Waals surface area contributed by atoms with Gasteiger partial charge in [-0.05, 0) is 26.0 Å². The molecule has 0 fully saturated rings. The lowest BCUT2D eigenvalue weighted by Crippen LogP contribution is -2.13. The van der Waals surface area contributed by atoms with Gasteiger partial charge in [0.15, 0.2) is 0 Å². The van der Waals surface area contributed by atoms with E-state index >= 15 is 0 Å². The van der Waals surface area contributed by atoms with E-state index in [-0.39, 0.29) is 11.9 Å². The zero-order valence-electron chi connectivity index (χ0n) is 16.4. The number of aromatic hydroxyl groups is 2. The lowest BCUT2D eigenvalue weighted by Gasteiger charge is -2.17. The molecule has 4 N–H and O–H groups in total. The van der Waals surface area contributed by atoms with Gasteiger partial charge in [-0.2, -0.15) is 9.97 Å². The molecule has 1 heterocycles. The van der Waals surface area contributed by atoms with Crippen molar-refractivity contribution >= 4 is 23.2 Å². The highest BCUT2D eigenvalue weighted by Crippen LogP contribution is 2.38. The normalized spacial score (nSPS) is 10.3. The Kier molecular flexibility index (Phi) is 6.48. The molecule has 10 nitrogen and oxygen atoms in total. The molecule has 0 aliphatic carbocycles. The molecule has 0 atom stereocenters. The number of rotatable bonds is 8. The molecular formula is C20H21N5O5. The summed E-state index contributed by atoms with van der Waals surface area (Å²) < 4.78 is 11.3. The summed E-state index contributed by atoms with van der Waals surface area (Å²) in [5.74, 6) is 0.371. The maximum absolute atomic E-state index is 12.6. The van der Waals surface area contributed by atoms with Crippen LogP contribution in [0.3, 0.4) is 0 Å². The third-order valence-electron chi connectivity index (χ3n) is 3.82. The number of carbonyl (C=O) groups excluding carboxylic acids is 1. The molecule has 0 spiro atoms. The first-order chi connectivity index (χ1) is 14.5. The van der Waals surface area contributed by atoms with Crippen LogP contribution in [0.1, 0.15) is 24.2 Å². The van der Waals surface area contributed by atoms with Gasteiger partial charge in [0.1, 0.15) is 11.5 Å². The van der Waals surface area contributed by atoms with Crippen molar-refractivity contribution in [1.82, 2.24) is 15.0 Å². The van der Waals surface area contributed by atoms with E-state index in [9.17, 15) is 15.0 Å². The summed E-state index contributed by atoms with van der Waals surface area (Å²) in [6.45, 7) is 4.33. The van der Waals surface area contributed by atoms with Crippen LogP contribution >= 0.6 is 0 Å². The quantitative estimate of drug-likeness (QED) is 0.440. The van der Waals surface area contributed by atoms with Gasteiger partial charge in [-0.1, -0.05) is 18.2 Å². The third-order valence-corrected chi connectivity index (χ3v) is 3.82. The molecule has 156 valence electrons. The Labute approximate surface area is 172 Å². The molecule has 0 saturated carbocycles. The zero-order valence-corrected chi connectivity index (χ0v) is 16.4. The van der Waals surface area contributed by atoms with Gasteiger partial charge in [0.25, 0.3) is 5.91 Å². The number of amides is 1. The fraction of sp³-hybridized carbons (Fsp3) is 0.200. The van der Waals surface area contributed by atoms with Crippen LogP contribution in [0.5, 0.6) is 23.5 Å². The van der Waals surface area contributed by atoms with E-state index in [2.05, 4.69) is 25.6 Å². The standard InChI is InChI=1S/C20H21N5O5/c1-3-29-15-11-14(22-18-23-19(27)25-20(28)24-18)16(30-4-2)10-13(15)21-17(26)12-8-6-5-7-9-12/h5-11H,3-4H2,1-2H3,(H,21,26)(H3,22,23,24,25,27,28). The van der Waals surface area contributed by atoms with E-state index in [0.29, 0.717) is 41.7 Å². The maximum Gasteiger partial charge on any atom is 0.321 e. The first kappa shape index (κ1) is 20.6. The van der Waals surface area contributed by atoms with Crippen LogP contribution < -0.4 is 20.1 Å². The van der Waals surface area contributed by atoms with Gasteiger partial charge in [0.05, 0.1) is 24.6 Å². The number of anilines is 3. The fourth-order valence-corrected chi connectivity index (χ4v) is 2.62. The molecule has 0 unspecified atom stereocenters. The van der Waals surface area contributed by atoms with Gasteiger partial charge in [-0.25, -0.2) is 0 Å². The van der Waals surface area contributed by atoms with Crippen molar-refractivity contribution in [2.75, 3.05) is 23.8 Å². The summed E-state index contributed by atoms with van der Waals surface area (Å²) in [7, 11) is 0. The predicted octanol–water partition coefficient (Wildman–Crippen LogP) is 3.08. The summed E-state index contributed by atoms with van der Waals surface area (Å²) in [6.07, 6.45) is 0. The minimum atomic E-state index is -0.639. The Hall–Kier alpha value is -4.08. The molecule has 30 heavy (non-hydrogen) atoms. The summed E-state index contributed by atoms with van der Waals surface area (Å²) in [6, 6.07) is 10.7. The van der Waals surface area contributed by atoms with Crippen molar-refractivity contribution < 1.29 is 24.5 Å². The monoisotopic (exact) mass is 411 g/mol. The first-order valence-corrected chi connectivity index (χ1v) is 9.21. The largest absolute Gasteiger partial charge is 0.492 e. The average molecular weight is 411 g/mol. The van der Waals surface area contributed by atoms with Crippen molar-refractivity contribution in [2.45, 2.75) is 13.8 Å². The van der Waals surface area contributed by atoms with Crippen molar-refractivity contribution in [1.29, 1.82) is 0 Å². The first-order valence-electron chi connectivity index (χ1n) is 9.21. The van der Waals surface area contributed by atoms with Gasteiger partial charge in [0.2, 0.25) is 5.95 Å². The third kappa shape index (κ3) is 5.04. The number of hydrogen-bond donors (Lipinski definition) is 4. The van der Waals surface area contributed by atoms with Crippen LogP contribution in [0, 0.1) is 0 Å². The van der Waals surface area contributed by atoms with Crippen LogP contribution in [0.4, 0.5) is 17.3 Å². The molecule has 0 bridgehead atoms. The Morgan fingerprint density at radius 1 is 0.900 bits per heavy atom.